The van der Waals surface area contributed by atoms with E-state index < -0.39 is 0 Å². The van der Waals surface area contributed by atoms with E-state index in [1.165, 1.54) is 6.33 Å². The van der Waals surface area contributed by atoms with Gasteiger partial charge in [-0.1, -0.05) is 11.6 Å². The van der Waals surface area contributed by atoms with Crippen LogP contribution < -0.4 is 4.74 Å². The van der Waals surface area contributed by atoms with Gasteiger partial charge >= 0.3 is 0 Å². The van der Waals surface area contributed by atoms with Crippen molar-refractivity contribution < 1.29 is 9.47 Å². The van der Waals surface area contributed by atoms with Crippen LogP contribution in [0, 0.1) is 0 Å². The molecule has 8 heteroatoms. The first-order chi connectivity index (χ1) is 13.3. The molecule has 0 N–H and O–H groups in total. The van der Waals surface area contributed by atoms with Gasteiger partial charge in [-0.05, 0) is 18.2 Å². The number of nitrogens with zero attached hydrogens (tertiary/aromatic N) is 5. The number of pyridine rings is 2. The SMILES string of the molecule is COCCOc1ccc(-c2cn(-c3ccncc3)c3ncnc(Cl)c23)cn1. The Morgan fingerprint density at radius 2 is 1.89 bits per heavy atom. The molecule has 0 aliphatic carbocycles. The monoisotopic (exact) mass is 381 g/mol. The van der Waals surface area contributed by atoms with Crippen LogP contribution in [0.4, 0.5) is 0 Å². The molecule has 0 amide bonds. The standard InChI is InChI=1S/C19H16ClN5O2/c1-26-8-9-27-16-3-2-13(10-22-16)15-11-25(14-4-6-21-7-5-14)19-17(15)18(20)23-12-24-19/h2-7,10-12H,8-9H2,1H3. The molecule has 0 aromatic carbocycles. The number of halogens is 1. The molecular weight excluding hydrogens is 366 g/mol. The van der Waals surface area contributed by atoms with Gasteiger partial charge in [-0.15, -0.1) is 0 Å². The minimum atomic E-state index is 0.392. The van der Waals surface area contributed by atoms with E-state index >= 15 is 0 Å². The maximum Gasteiger partial charge on any atom is 0.213 e. The zero-order chi connectivity index (χ0) is 18.6. The fraction of sp³-hybridized carbons (Fsp3) is 0.158. The highest BCUT2D eigenvalue weighted by atomic mass is 35.5. The summed E-state index contributed by atoms with van der Waals surface area (Å²) < 4.78 is 12.5. The molecular formula is C19H16ClN5O2. The average molecular weight is 382 g/mol. The number of rotatable bonds is 6. The topological polar surface area (TPSA) is 75.0 Å². The van der Waals surface area contributed by atoms with Gasteiger partial charge in [0.25, 0.3) is 0 Å². The van der Waals surface area contributed by atoms with Gasteiger partial charge in [0, 0.05) is 49.1 Å². The molecule has 0 radical (unpaired) electrons. The van der Waals surface area contributed by atoms with Crippen molar-refractivity contribution in [1.29, 1.82) is 0 Å². The van der Waals surface area contributed by atoms with Crippen molar-refractivity contribution in [3.63, 3.8) is 0 Å². The maximum absolute atomic E-state index is 6.39. The first-order valence-corrected chi connectivity index (χ1v) is 8.66. The number of fused-ring (bicyclic) bond motifs is 1. The van der Waals surface area contributed by atoms with Crippen molar-refractivity contribution in [1.82, 2.24) is 24.5 Å². The zero-order valence-corrected chi connectivity index (χ0v) is 15.3. The summed E-state index contributed by atoms with van der Waals surface area (Å²) in [5, 5.41) is 1.16. The Balaban J connectivity index is 1.78. The molecule has 0 spiro atoms. The average Bonchev–Trinajstić information content (AvgIpc) is 3.10. The molecule has 0 bridgehead atoms. The quantitative estimate of drug-likeness (QED) is 0.375. The number of ether oxygens (including phenoxy) is 2. The highest BCUT2D eigenvalue weighted by Crippen LogP contribution is 2.35. The van der Waals surface area contributed by atoms with Crippen LogP contribution in [-0.2, 0) is 4.74 Å². The van der Waals surface area contributed by atoms with Gasteiger partial charge in [-0.25, -0.2) is 15.0 Å². The second-order valence-corrected chi connectivity index (χ2v) is 6.07. The lowest BCUT2D eigenvalue weighted by atomic mass is 10.1. The van der Waals surface area contributed by atoms with E-state index in [1.54, 1.807) is 25.7 Å². The van der Waals surface area contributed by atoms with Gasteiger partial charge in [-0.3, -0.25) is 4.98 Å². The fourth-order valence-electron chi connectivity index (χ4n) is 2.80. The normalized spacial score (nSPS) is 11.0. The molecule has 4 rings (SSSR count). The lowest BCUT2D eigenvalue weighted by Gasteiger charge is -2.05. The largest absolute Gasteiger partial charge is 0.475 e. The van der Waals surface area contributed by atoms with Crippen molar-refractivity contribution in [2.45, 2.75) is 0 Å². The van der Waals surface area contributed by atoms with Crippen LogP contribution in [0.25, 0.3) is 27.8 Å². The molecule has 0 aliphatic heterocycles. The van der Waals surface area contributed by atoms with Crippen LogP contribution in [0.2, 0.25) is 5.15 Å². The molecule has 7 nitrogen and oxygen atoms in total. The summed E-state index contributed by atoms with van der Waals surface area (Å²) in [7, 11) is 1.63. The van der Waals surface area contributed by atoms with Gasteiger partial charge in [0.2, 0.25) is 5.88 Å². The van der Waals surface area contributed by atoms with Gasteiger partial charge in [0.15, 0.2) is 0 Å². The van der Waals surface area contributed by atoms with Crippen LogP contribution in [-0.4, -0.2) is 44.8 Å². The second-order valence-electron chi connectivity index (χ2n) is 5.71. The molecule has 0 unspecified atom stereocenters. The van der Waals surface area contributed by atoms with E-state index in [4.69, 9.17) is 21.1 Å². The summed E-state index contributed by atoms with van der Waals surface area (Å²) in [5.74, 6) is 0.538. The van der Waals surface area contributed by atoms with Gasteiger partial charge in [0.05, 0.1) is 17.7 Å². The van der Waals surface area contributed by atoms with Crippen molar-refractivity contribution in [2.75, 3.05) is 20.3 Å². The summed E-state index contributed by atoms with van der Waals surface area (Å²) in [6.45, 7) is 0.958. The fourth-order valence-corrected chi connectivity index (χ4v) is 3.03. The van der Waals surface area contributed by atoms with E-state index in [9.17, 15) is 0 Å². The molecule has 0 atom stereocenters. The van der Waals surface area contributed by atoms with E-state index in [0.717, 1.165) is 27.8 Å². The molecule has 0 saturated carbocycles. The predicted molar refractivity (Wildman–Crippen MR) is 102 cm³/mol. The first kappa shape index (κ1) is 17.4. The molecule has 27 heavy (non-hydrogen) atoms. The van der Waals surface area contributed by atoms with Crippen LogP contribution in [0.3, 0.4) is 0 Å². The van der Waals surface area contributed by atoms with E-state index in [-0.39, 0.29) is 0 Å². The smallest absolute Gasteiger partial charge is 0.213 e. The van der Waals surface area contributed by atoms with Crippen molar-refractivity contribution in [3.05, 3.63) is 60.5 Å². The molecule has 4 heterocycles. The summed E-state index contributed by atoms with van der Waals surface area (Å²) >= 11 is 6.39. The third-order valence-electron chi connectivity index (χ3n) is 4.06. The summed E-state index contributed by atoms with van der Waals surface area (Å²) in [6.07, 6.45) is 8.64. The van der Waals surface area contributed by atoms with E-state index in [0.29, 0.717) is 24.2 Å². The number of methoxy groups -OCH3 is 1. The number of hydrogen-bond acceptors (Lipinski definition) is 6. The maximum atomic E-state index is 6.39. The molecule has 0 fully saturated rings. The lowest BCUT2D eigenvalue weighted by Crippen LogP contribution is -2.05. The number of aromatic nitrogens is 5. The molecule has 0 aliphatic rings. The van der Waals surface area contributed by atoms with Crippen LogP contribution in [0.15, 0.2) is 55.4 Å². The van der Waals surface area contributed by atoms with Crippen LogP contribution >= 0.6 is 11.6 Å². The Kier molecular flexibility index (Phi) is 4.95. The third kappa shape index (κ3) is 3.47. The highest BCUT2D eigenvalue weighted by molar-refractivity contribution is 6.35. The van der Waals surface area contributed by atoms with E-state index in [2.05, 4.69) is 19.9 Å². The van der Waals surface area contributed by atoms with Crippen molar-refractivity contribution >= 4 is 22.6 Å². The summed E-state index contributed by atoms with van der Waals surface area (Å²) in [4.78, 5) is 17.0. The molecule has 4 aromatic heterocycles. The van der Waals surface area contributed by atoms with Gasteiger partial charge in [-0.2, -0.15) is 0 Å². The lowest BCUT2D eigenvalue weighted by molar-refractivity contribution is 0.144. The molecule has 4 aromatic rings. The first-order valence-electron chi connectivity index (χ1n) is 8.28. The second kappa shape index (κ2) is 7.69. The Morgan fingerprint density at radius 3 is 2.63 bits per heavy atom. The minimum absolute atomic E-state index is 0.392. The van der Waals surface area contributed by atoms with E-state index in [1.807, 2.05) is 35.0 Å². The predicted octanol–water partition coefficient (Wildman–Crippen LogP) is 3.56. The Morgan fingerprint density at radius 1 is 1.04 bits per heavy atom. The Labute approximate surface area is 160 Å². The van der Waals surface area contributed by atoms with Crippen molar-refractivity contribution in [3.8, 4) is 22.7 Å². The minimum Gasteiger partial charge on any atom is -0.475 e. The van der Waals surface area contributed by atoms with Crippen LogP contribution in [0.5, 0.6) is 5.88 Å². The summed E-state index contributed by atoms with van der Waals surface area (Å²) in [5.41, 5.74) is 3.44. The zero-order valence-electron chi connectivity index (χ0n) is 14.5. The van der Waals surface area contributed by atoms with Crippen LogP contribution in [0.1, 0.15) is 0 Å². The highest BCUT2D eigenvalue weighted by Gasteiger charge is 2.16. The third-order valence-corrected chi connectivity index (χ3v) is 4.35. The Hall–Kier alpha value is -3.03. The van der Waals surface area contributed by atoms with Crippen molar-refractivity contribution in [2.24, 2.45) is 0 Å². The number of hydrogen-bond donors (Lipinski definition) is 0. The van der Waals surface area contributed by atoms with Gasteiger partial charge in [0.1, 0.15) is 23.7 Å². The molecule has 136 valence electrons. The molecule has 0 saturated heterocycles. The summed E-state index contributed by atoms with van der Waals surface area (Å²) in [6, 6.07) is 7.57. The van der Waals surface area contributed by atoms with Gasteiger partial charge < -0.3 is 14.0 Å². The Bertz CT molecular complexity index is 1050.